The highest BCUT2D eigenvalue weighted by Crippen LogP contribution is 2.15. The Morgan fingerprint density at radius 2 is 2.29 bits per heavy atom. The highest BCUT2D eigenvalue weighted by Gasteiger charge is 2.35. The molecule has 0 aromatic carbocycles. The van der Waals surface area contributed by atoms with Crippen LogP contribution in [0.5, 0.6) is 0 Å². The molecule has 0 radical (unpaired) electrons. The summed E-state index contributed by atoms with van der Waals surface area (Å²) >= 11 is 0. The zero-order valence-electron chi connectivity index (χ0n) is 8.11. The van der Waals surface area contributed by atoms with Crippen LogP contribution in [0.4, 0.5) is 0 Å². The van der Waals surface area contributed by atoms with Crippen molar-refractivity contribution >= 4 is 6.26 Å². The lowest BCUT2D eigenvalue weighted by Crippen LogP contribution is -2.44. The lowest BCUT2D eigenvalue weighted by molar-refractivity contribution is -0.139. The minimum absolute atomic E-state index is 0.601. The van der Waals surface area contributed by atoms with Crippen molar-refractivity contribution in [2.24, 2.45) is 5.11 Å². The van der Waals surface area contributed by atoms with Crippen LogP contribution in [0.2, 0.25) is 0 Å². The van der Waals surface area contributed by atoms with Crippen molar-refractivity contribution in [3.63, 3.8) is 0 Å². The van der Waals surface area contributed by atoms with E-state index in [9.17, 15) is 15.0 Å². The summed E-state index contributed by atoms with van der Waals surface area (Å²) < 4.78 is 6.61. The molecule has 0 bridgehead atoms. The third kappa shape index (κ3) is 3.29. The van der Waals surface area contributed by atoms with Crippen LogP contribution >= 0.6 is 0 Å². The molecule has 0 saturated heterocycles. The first-order valence-corrected chi connectivity index (χ1v) is 3.65. The molecular weight excluding hydrogens is 194 g/mol. The van der Waals surface area contributed by atoms with E-state index in [1.54, 1.807) is 0 Å². The largest absolute Gasteiger partial charge is 0.394 e. The van der Waals surface area contributed by atoms with E-state index < -0.39 is 37.2 Å². The fourth-order valence-electron chi connectivity index (χ4n) is 0.720. The third-order valence-electron chi connectivity index (χ3n) is 1.52. The predicted molar refractivity (Wildman–Crippen MR) is 43.9 cm³/mol. The van der Waals surface area contributed by atoms with Gasteiger partial charge < -0.3 is 20.4 Å². The van der Waals surface area contributed by atoms with Crippen molar-refractivity contribution < 1.29 is 26.6 Å². The number of hydrogen-bond acceptors (Lipinski definition) is 6. The van der Waals surface area contributed by atoms with Crippen LogP contribution in [-0.4, -0.2) is 51.2 Å². The summed E-state index contributed by atoms with van der Waals surface area (Å²) in [5, 5.41) is 38.5. The van der Waals surface area contributed by atoms with Crippen LogP contribution < -0.4 is 0 Å². The van der Waals surface area contributed by atoms with Gasteiger partial charge in [0.05, 0.1) is 18.8 Å². The quantitative estimate of drug-likeness (QED) is 0.177. The van der Waals surface area contributed by atoms with Crippen LogP contribution in [0.3, 0.4) is 0 Å². The van der Waals surface area contributed by atoms with E-state index in [2.05, 4.69) is 10.0 Å². The second-order valence-electron chi connectivity index (χ2n) is 2.61. The van der Waals surface area contributed by atoms with Crippen molar-refractivity contribution in [2.75, 3.05) is 6.61 Å². The Labute approximate surface area is 80.4 Å². The number of carbonyl (C=O) groups is 1. The summed E-state index contributed by atoms with van der Waals surface area (Å²) in [6, 6.07) is 0. The molecule has 80 valence electrons. The highest BCUT2D eigenvalue weighted by molar-refractivity contribution is 5.62. The third-order valence-corrected chi connectivity index (χ3v) is 1.52. The monoisotopic (exact) mass is 206 g/mol. The summed E-state index contributed by atoms with van der Waals surface area (Å²) in [7, 11) is 0. The number of aldehydes is 1. The summed E-state index contributed by atoms with van der Waals surface area (Å²) in [6.45, 7) is -0.699. The molecule has 0 aliphatic carbocycles. The molecule has 0 spiro atoms. The summed E-state index contributed by atoms with van der Waals surface area (Å²) in [4.78, 5) is 12.7. The van der Waals surface area contributed by atoms with Crippen molar-refractivity contribution in [1.82, 2.24) is 0 Å². The fourth-order valence-corrected chi connectivity index (χ4v) is 0.720. The summed E-state index contributed by atoms with van der Waals surface area (Å²) in [5.74, 6) is 0. The van der Waals surface area contributed by atoms with E-state index in [1.807, 2.05) is 0 Å². The average molecular weight is 206 g/mol. The summed E-state index contributed by atoms with van der Waals surface area (Å²) in [5.41, 5.74) is 5.09. The number of rotatable bonds is 6. The molecule has 0 aromatic heterocycles. The Hall–Kier alpha value is -1.18. The number of hydrogen-bond donors (Lipinski definition) is 4. The molecule has 0 rings (SSSR count). The van der Waals surface area contributed by atoms with Crippen molar-refractivity contribution in [2.45, 2.75) is 24.4 Å². The molecule has 0 aliphatic rings. The molecule has 0 unspecified atom stereocenters. The lowest BCUT2D eigenvalue weighted by Gasteiger charge is -2.23. The molecule has 0 amide bonds. The molecule has 0 aliphatic heterocycles. The van der Waals surface area contributed by atoms with Crippen LogP contribution in [0.1, 0.15) is 7.79 Å². The van der Waals surface area contributed by atoms with Gasteiger partial charge in [0.2, 0.25) is 5.72 Å². The molecule has 3 atom stereocenters. The van der Waals surface area contributed by atoms with Crippen LogP contribution in [0.15, 0.2) is 5.11 Å². The van der Waals surface area contributed by atoms with Gasteiger partial charge in [-0.3, -0.25) is 4.79 Å². The molecular formula is C6H11N3O5. The fraction of sp³-hybridized carbons (Fsp3) is 0.833. The van der Waals surface area contributed by atoms with E-state index >= 15 is 0 Å². The van der Waals surface area contributed by atoms with Crippen molar-refractivity contribution in [3.8, 4) is 0 Å². The SMILES string of the molecule is [2H]C(=O)[C@@](O)(N=[N+]=[N-])[C@@H](O)C[C@H](O)CO. The van der Waals surface area contributed by atoms with Crippen molar-refractivity contribution in [3.05, 3.63) is 10.4 Å². The van der Waals surface area contributed by atoms with Gasteiger partial charge in [-0.2, -0.15) is 0 Å². The maximum absolute atomic E-state index is 10.6. The number of carbonyl (C=O) groups excluding carboxylic acids is 1. The number of azide groups is 1. The Kier molecular flexibility index (Phi) is 4.30. The van der Waals surface area contributed by atoms with E-state index in [1.165, 1.54) is 0 Å². The minimum Gasteiger partial charge on any atom is -0.394 e. The molecule has 8 nitrogen and oxygen atoms in total. The zero-order valence-corrected chi connectivity index (χ0v) is 7.11. The Bertz CT molecular complexity index is 278. The Balaban J connectivity index is 4.78. The van der Waals surface area contributed by atoms with Gasteiger partial charge in [-0.05, 0) is 10.6 Å². The highest BCUT2D eigenvalue weighted by atomic mass is 16.4. The molecule has 0 fully saturated rings. The van der Waals surface area contributed by atoms with Crippen LogP contribution in [0.25, 0.3) is 10.4 Å². The first-order valence-electron chi connectivity index (χ1n) is 4.15. The number of nitrogens with zero attached hydrogens (tertiary/aromatic N) is 3. The lowest BCUT2D eigenvalue weighted by atomic mass is 10.0. The molecule has 0 saturated carbocycles. The zero-order chi connectivity index (χ0) is 12.1. The minimum atomic E-state index is -2.94. The number of aliphatic hydroxyl groups excluding tert-OH is 3. The summed E-state index contributed by atoms with van der Waals surface area (Å²) in [6.07, 6.45) is -5.64. The standard InChI is InChI=1S/C6H11N3O5/c7-9-8-6(14,3-11)5(13)1-4(12)2-10/h3-5,10,12-14H,1-2H2/t4-,5-,6-/m0/s1/i3D. The average Bonchev–Trinajstić information content (AvgIpc) is 2.17. The maximum atomic E-state index is 10.6. The van der Waals surface area contributed by atoms with Gasteiger partial charge in [0.1, 0.15) is 1.37 Å². The molecule has 0 heterocycles. The smallest absolute Gasteiger partial charge is 0.225 e. The normalized spacial score (nSPS) is 19.9. The van der Waals surface area contributed by atoms with Crippen LogP contribution in [0, 0.1) is 0 Å². The van der Waals surface area contributed by atoms with Gasteiger partial charge in [-0.25, -0.2) is 0 Å². The number of aliphatic hydroxyl groups is 4. The van der Waals surface area contributed by atoms with Gasteiger partial charge in [0.25, 0.3) is 0 Å². The second-order valence-corrected chi connectivity index (χ2v) is 2.61. The molecule has 8 heteroatoms. The Morgan fingerprint density at radius 3 is 2.64 bits per heavy atom. The van der Waals surface area contributed by atoms with Gasteiger partial charge in [0.15, 0.2) is 6.26 Å². The molecule has 0 aromatic rings. The van der Waals surface area contributed by atoms with E-state index in [0.29, 0.717) is 0 Å². The van der Waals surface area contributed by atoms with Crippen molar-refractivity contribution in [1.29, 1.82) is 0 Å². The van der Waals surface area contributed by atoms with Gasteiger partial charge in [-0.15, -0.1) is 0 Å². The van der Waals surface area contributed by atoms with Crippen LogP contribution in [-0.2, 0) is 4.79 Å². The Morgan fingerprint density at radius 1 is 1.71 bits per heavy atom. The van der Waals surface area contributed by atoms with Gasteiger partial charge in [-0.1, -0.05) is 0 Å². The molecule has 4 N–H and O–H groups in total. The van der Waals surface area contributed by atoms with Gasteiger partial charge >= 0.3 is 0 Å². The first-order chi connectivity index (χ1) is 6.88. The van der Waals surface area contributed by atoms with E-state index in [4.69, 9.17) is 17.1 Å². The maximum Gasteiger partial charge on any atom is 0.225 e. The second kappa shape index (κ2) is 5.53. The predicted octanol–water partition coefficient (Wildman–Crippen LogP) is -1.71. The van der Waals surface area contributed by atoms with E-state index in [0.717, 1.165) is 0 Å². The topological polar surface area (TPSA) is 147 Å². The van der Waals surface area contributed by atoms with E-state index in [-0.39, 0.29) is 0 Å². The van der Waals surface area contributed by atoms with Gasteiger partial charge in [0, 0.05) is 11.3 Å². The first kappa shape index (κ1) is 10.9. The molecule has 14 heavy (non-hydrogen) atoms.